The Kier molecular flexibility index (Phi) is 6.31. The molecule has 0 aliphatic rings. The molecule has 6 heteroatoms. The third-order valence-electron chi connectivity index (χ3n) is 4.41. The van der Waals surface area contributed by atoms with Gasteiger partial charge in [0.2, 0.25) is 0 Å². The van der Waals surface area contributed by atoms with Crippen LogP contribution in [-0.4, -0.2) is 4.57 Å². The molecule has 144 valence electrons. The van der Waals surface area contributed by atoms with Crippen LogP contribution in [0.3, 0.4) is 0 Å². The van der Waals surface area contributed by atoms with Crippen molar-refractivity contribution in [2.24, 2.45) is 4.99 Å². The second kappa shape index (κ2) is 8.71. The molecule has 0 fully saturated rings. The molecule has 0 spiro atoms. The van der Waals surface area contributed by atoms with E-state index in [0.29, 0.717) is 6.54 Å². The zero-order valence-electron chi connectivity index (χ0n) is 15.6. The molecule has 4 aromatic rings. The first kappa shape index (κ1) is 20.3. The Balaban J connectivity index is 0.00000225. The molecule has 2 heterocycles. The Morgan fingerprint density at radius 2 is 1.86 bits per heavy atom. The average molecular weight is 459 g/mol. The highest BCUT2D eigenvalue weighted by Crippen LogP contribution is 2.26. The van der Waals surface area contributed by atoms with E-state index < -0.39 is 0 Å². The Hall–Kier alpha value is -2.44. The second-order valence-electron chi connectivity index (χ2n) is 6.48. The largest absolute Gasteiger partial charge is 0.467 e. The zero-order chi connectivity index (χ0) is 18.8. The number of thiazole rings is 1. The lowest BCUT2D eigenvalue weighted by Crippen LogP contribution is -2.16. The number of benzene rings is 2. The minimum atomic E-state index is -0.264. The lowest BCUT2D eigenvalue weighted by molar-refractivity contribution is 0.492. The summed E-state index contributed by atoms with van der Waals surface area (Å²) < 4.78 is 20.9. The van der Waals surface area contributed by atoms with E-state index in [2.05, 4.69) is 42.0 Å². The van der Waals surface area contributed by atoms with Gasteiger partial charge in [-0.05, 0) is 61.9 Å². The first-order chi connectivity index (χ1) is 13.1. The molecule has 0 bridgehead atoms. The van der Waals surface area contributed by atoms with Gasteiger partial charge in [-0.2, -0.15) is 0 Å². The number of aryl methyl sites for hydroxylation is 2. The van der Waals surface area contributed by atoms with Crippen LogP contribution >= 0.6 is 28.3 Å². The first-order valence-corrected chi connectivity index (χ1v) is 9.57. The van der Waals surface area contributed by atoms with Crippen LogP contribution in [-0.2, 0) is 6.54 Å². The minimum Gasteiger partial charge on any atom is -0.467 e. The van der Waals surface area contributed by atoms with E-state index in [1.54, 1.807) is 29.7 Å². The highest BCUT2D eigenvalue weighted by molar-refractivity contribution is 8.93. The van der Waals surface area contributed by atoms with Gasteiger partial charge >= 0.3 is 0 Å². The van der Waals surface area contributed by atoms with E-state index in [1.807, 2.05) is 12.1 Å². The van der Waals surface area contributed by atoms with E-state index in [-0.39, 0.29) is 22.8 Å². The Labute approximate surface area is 177 Å². The number of hydrogen-bond donors (Lipinski definition) is 0. The highest BCUT2D eigenvalue weighted by Gasteiger charge is 2.12. The number of nitrogens with zero attached hydrogens (tertiary/aromatic N) is 2. The third-order valence-corrected chi connectivity index (χ3v) is 5.28. The second-order valence-corrected chi connectivity index (χ2v) is 7.31. The van der Waals surface area contributed by atoms with Gasteiger partial charge in [0, 0.05) is 10.9 Å². The molecule has 0 aliphatic heterocycles. The van der Waals surface area contributed by atoms with Crippen LogP contribution in [0.4, 0.5) is 10.1 Å². The van der Waals surface area contributed by atoms with Gasteiger partial charge in [0.1, 0.15) is 11.6 Å². The van der Waals surface area contributed by atoms with Crippen molar-refractivity contribution in [2.75, 3.05) is 0 Å². The fourth-order valence-electron chi connectivity index (χ4n) is 2.98. The molecule has 4 rings (SSSR count). The number of aromatic nitrogens is 1. The summed E-state index contributed by atoms with van der Waals surface area (Å²) in [6.45, 7) is 4.79. The quantitative estimate of drug-likeness (QED) is 0.346. The lowest BCUT2D eigenvalue weighted by atomic mass is 10.0. The van der Waals surface area contributed by atoms with Gasteiger partial charge in [-0.25, -0.2) is 9.38 Å². The summed E-state index contributed by atoms with van der Waals surface area (Å²) in [6.07, 6.45) is 1.68. The first-order valence-electron chi connectivity index (χ1n) is 8.69. The summed E-state index contributed by atoms with van der Waals surface area (Å²) in [5, 5.41) is 2.12. The topological polar surface area (TPSA) is 30.4 Å². The summed E-state index contributed by atoms with van der Waals surface area (Å²) >= 11 is 1.57. The average Bonchev–Trinajstić information content (AvgIpc) is 3.30. The Morgan fingerprint density at radius 1 is 1.07 bits per heavy atom. The maximum atomic E-state index is 13.2. The van der Waals surface area contributed by atoms with Crippen molar-refractivity contribution >= 4 is 34.0 Å². The summed E-state index contributed by atoms with van der Waals surface area (Å²) in [7, 11) is 0. The normalized spacial score (nSPS) is 11.5. The van der Waals surface area contributed by atoms with E-state index in [4.69, 9.17) is 9.41 Å². The van der Waals surface area contributed by atoms with Gasteiger partial charge in [0.15, 0.2) is 4.80 Å². The monoisotopic (exact) mass is 458 g/mol. The van der Waals surface area contributed by atoms with E-state index in [1.165, 1.54) is 28.8 Å². The molecule has 0 N–H and O–H groups in total. The van der Waals surface area contributed by atoms with Gasteiger partial charge in [0.05, 0.1) is 24.2 Å². The summed E-state index contributed by atoms with van der Waals surface area (Å²) in [6, 6.07) is 16.5. The maximum Gasteiger partial charge on any atom is 0.190 e. The van der Waals surface area contributed by atoms with Gasteiger partial charge in [-0.3, -0.25) is 0 Å². The molecule has 0 unspecified atom stereocenters. The van der Waals surface area contributed by atoms with Gasteiger partial charge < -0.3 is 8.98 Å². The van der Waals surface area contributed by atoms with Crippen molar-refractivity contribution in [3.63, 3.8) is 0 Å². The van der Waals surface area contributed by atoms with E-state index in [0.717, 1.165) is 21.9 Å². The molecule has 0 aliphatic carbocycles. The van der Waals surface area contributed by atoms with E-state index in [9.17, 15) is 4.39 Å². The summed E-state index contributed by atoms with van der Waals surface area (Å²) in [4.78, 5) is 5.58. The van der Waals surface area contributed by atoms with Crippen molar-refractivity contribution in [2.45, 2.75) is 20.4 Å². The van der Waals surface area contributed by atoms with Gasteiger partial charge in [0.25, 0.3) is 0 Å². The molecule has 2 aromatic heterocycles. The zero-order valence-corrected chi connectivity index (χ0v) is 18.1. The van der Waals surface area contributed by atoms with Crippen molar-refractivity contribution in [3.05, 3.63) is 93.7 Å². The van der Waals surface area contributed by atoms with Crippen LogP contribution in [0.25, 0.3) is 11.3 Å². The molecule has 0 amide bonds. The predicted octanol–water partition coefficient (Wildman–Crippen LogP) is 6.42. The van der Waals surface area contributed by atoms with Crippen LogP contribution in [0, 0.1) is 19.7 Å². The number of hydrogen-bond acceptors (Lipinski definition) is 3. The molecular formula is C22H20BrFN2OS. The molecule has 2 aromatic carbocycles. The van der Waals surface area contributed by atoms with Gasteiger partial charge in [-0.1, -0.05) is 17.7 Å². The Bertz CT molecular complexity index is 1130. The fraction of sp³-hybridized carbons (Fsp3) is 0.136. The predicted molar refractivity (Wildman–Crippen MR) is 117 cm³/mol. The molecule has 0 saturated carbocycles. The van der Waals surface area contributed by atoms with Crippen molar-refractivity contribution < 1.29 is 8.81 Å². The number of halogens is 2. The SMILES string of the molecule is Br.Cc1ccc(C)c(-c2csc(=Nc3ccc(F)cc3)n2Cc2ccco2)c1. The molecule has 0 saturated heterocycles. The van der Waals surface area contributed by atoms with Crippen LogP contribution < -0.4 is 4.80 Å². The van der Waals surface area contributed by atoms with Crippen molar-refractivity contribution in [1.29, 1.82) is 0 Å². The minimum absolute atomic E-state index is 0. The van der Waals surface area contributed by atoms with Crippen LogP contribution in [0.5, 0.6) is 0 Å². The van der Waals surface area contributed by atoms with Crippen LogP contribution in [0.2, 0.25) is 0 Å². The summed E-state index contributed by atoms with van der Waals surface area (Å²) in [5.41, 5.74) is 5.42. The standard InChI is InChI=1S/C22H19FN2OS.BrH/c1-15-5-6-16(2)20(12-15)21-14-27-22(24-18-9-7-17(23)8-10-18)25(21)13-19-4-3-11-26-19;/h3-12,14H,13H2,1-2H3;1H. The van der Waals surface area contributed by atoms with Crippen LogP contribution in [0.15, 0.2) is 75.7 Å². The highest BCUT2D eigenvalue weighted by atomic mass is 79.9. The summed E-state index contributed by atoms with van der Waals surface area (Å²) in [5.74, 6) is 0.597. The molecule has 3 nitrogen and oxygen atoms in total. The van der Waals surface area contributed by atoms with Crippen molar-refractivity contribution in [3.8, 4) is 11.3 Å². The smallest absolute Gasteiger partial charge is 0.190 e. The van der Waals surface area contributed by atoms with Crippen molar-refractivity contribution in [1.82, 2.24) is 4.57 Å². The molecule has 0 radical (unpaired) electrons. The Morgan fingerprint density at radius 3 is 2.57 bits per heavy atom. The molecule has 0 atom stereocenters. The number of furan rings is 1. The fourth-order valence-corrected chi connectivity index (χ4v) is 3.90. The molecule has 28 heavy (non-hydrogen) atoms. The maximum absolute atomic E-state index is 13.2. The number of rotatable bonds is 4. The van der Waals surface area contributed by atoms with E-state index >= 15 is 0 Å². The lowest BCUT2D eigenvalue weighted by Gasteiger charge is -2.11. The molecular weight excluding hydrogens is 439 g/mol. The van der Waals surface area contributed by atoms with Gasteiger partial charge in [-0.15, -0.1) is 28.3 Å². The third kappa shape index (κ3) is 4.34. The van der Waals surface area contributed by atoms with Crippen LogP contribution in [0.1, 0.15) is 16.9 Å².